The largest absolute Gasteiger partial charge is 0.444 e. The molecule has 0 bridgehead atoms. The molecule has 40 heavy (non-hydrogen) atoms. The highest BCUT2D eigenvalue weighted by atomic mass is 16.6. The molecule has 0 saturated carbocycles. The fraction of sp³-hybridized carbons (Fsp3) is 0.655. The number of pyridine rings is 1. The minimum Gasteiger partial charge on any atom is -0.444 e. The second-order valence-electron chi connectivity index (χ2n) is 13.1. The second-order valence-corrected chi connectivity index (χ2v) is 13.1. The molecule has 2 aliphatic rings. The van der Waals surface area contributed by atoms with Gasteiger partial charge in [0.2, 0.25) is 0 Å². The third-order valence-electron chi connectivity index (χ3n) is 6.97. The Morgan fingerprint density at radius 2 is 1.50 bits per heavy atom. The molecule has 2 aromatic heterocycles. The van der Waals surface area contributed by atoms with Crippen LogP contribution in [0, 0.1) is 6.92 Å². The number of rotatable bonds is 5. The van der Waals surface area contributed by atoms with Crippen LogP contribution < -0.4 is 20.4 Å². The van der Waals surface area contributed by atoms with Crippen molar-refractivity contribution in [1.29, 1.82) is 0 Å². The molecule has 0 spiro atoms. The summed E-state index contributed by atoms with van der Waals surface area (Å²) in [6.45, 7) is 18.5. The lowest BCUT2D eigenvalue weighted by Gasteiger charge is -2.40. The number of aromatic nitrogens is 3. The number of ether oxygens (including phenoxy) is 2. The van der Waals surface area contributed by atoms with E-state index < -0.39 is 17.3 Å². The Balaban J connectivity index is 1.51. The van der Waals surface area contributed by atoms with Gasteiger partial charge < -0.3 is 29.9 Å². The summed E-state index contributed by atoms with van der Waals surface area (Å²) in [7, 11) is 0. The third-order valence-corrected chi connectivity index (χ3v) is 6.97. The minimum atomic E-state index is -0.615. The van der Waals surface area contributed by atoms with Gasteiger partial charge in [-0.2, -0.15) is 4.68 Å². The summed E-state index contributed by atoms with van der Waals surface area (Å²) >= 11 is 0. The van der Waals surface area contributed by atoms with Crippen molar-refractivity contribution in [3.63, 3.8) is 0 Å². The zero-order valence-corrected chi connectivity index (χ0v) is 25.3. The van der Waals surface area contributed by atoms with Crippen LogP contribution in [0.3, 0.4) is 0 Å². The van der Waals surface area contributed by atoms with E-state index in [9.17, 15) is 9.59 Å². The Morgan fingerprint density at radius 1 is 0.875 bits per heavy atom. The molecule has 0 radical (unpaired) electrons. The van der Waals surface area contributed by atoms with Crippen LogP contribution in [-0.2, 0) is 9.47 Å². The lowest BCUT2D eigenvalue weighted by atomic mass is 9.90. The van der Waals surface area contributed by atoms with Gasteiger partial charge in [0.15, 0.2) is 5.82 Å². The first kappa shape index (κ1) is 29.5. The molecule has 2 fully saturated rings. The first-order chi connectivity index (χ1) is 18.6. The molecule has 11 heteroatoms. The molecule has 0 aliphatic carbocycles. The summed E-state index contributed by atoms with van der Waals surface area (Å²) in [5, 5.41) is 10.8. The number of amides is 1. The number of hydrogen-bond acceptors (Lipinski definition) is 9. The maximum atomic E-state index is 12.6. The van der Waals surface area contributed by atoms with E-state index in [1.54, 1.807) is 0 Å². The van der Waals surface area contributed by atoms with Crippen LogP contribution in [0.4, 0.5) is 32.7 Å². The maximum Gasteiger partial charge on any atom is 0.435 e. The van der Waals surface area contributed by atoms with E-state index in [0.717, 1.165) is 63.4 Å². The van der Waals surface area contributed by atoms with Gasteiger partial charge in [0, 0.05) is 61.3 Å². The van der Waals surface area contributed by atoms with Crippen LogP contribution in [0.25, 0.3) is 0 Å². The van der Waals surface area contributed by atoms with Gasteiger partial charge >= 0.3 is 12.2 Å². The van der Waals surface area contributed by atoms with Crippen molar-refractivity contribution in [3.05, 3.63) is 23.9 Å². The smallest absolute Gasteiger partial charge is 0.435 e. The van der Waals surface area contributed by atoms with Gasteiger partial charge in [0.25, 0.3) is 0 Å². The predicted octanol–water partition coefficient (Wildman–Crippen LogP) is 5.60. The standard InChI is InChI=1S/C29H45N7O4/c1-20-17-23(33-36(20)26(38)40-28(5,6)7)30-22-18-21(34-13-9-10-14-34)19-24(31-22)35-15-11-29(8,12-16-35)32-25(37)39-27(2,3)4/h17-19H,9-16H2,1-8H3,(H,32,37)(H,30,31,33). The Labute approximate surface area is 237 Å². The molecule has 2 aliphatic heterocycles. The van der Waals surface area contributed by atoms with Gasteiger partial charge in [-0.15, -0.1) is 5.10 Å². The number of piperidine rings is 1. The molecule has 0 atom stereocenters. The van der Waals surface area contributed by atoms with Crippen molar-refractivity contribution in [3.8, 4) is 0 Å². The van der Waals surface area contributed by atoms with Crippen molar-refractivity contribution in [2.24, 2.45) is 0 Å². The monoisotopic (exact) mass is 555 g/mol. The number of carbonyl (C=O) groups is 2. The predicted molar refractivity (Wildman–Crippen MR) is 157 cm³/mol. The lowest BCUT2D eigenvalue weighted by Crippen LogP contribution is -2.54. The Bertz CT molecular complexity index is 1210. The zero-order chi connectivity index (χ0) is 29.3. The molecule has 2 aromatic rings. The summed E-state index contributed by atoms with van der Waals surface area (Å²) in [5.74, 6) is 2.05. The summed E-state index contributed by atoms with van der Waals surface area (Å²) in [4.78, 5) is 34.6. The van der Waals surface area contributed by atoms with Gasteiger partial charge in [-0.25, -0.2) is 14.6 Å². The molecule has 0 unspecified atom stereocenters. The normalized spacial score (nSPS) is 17.5. The minimum absolute atomic E-state index is 0.349. The zero-order valence-electron chi connectivity index (χ0n) is 25.3. The van der Waals surface area contributed by atoms with Crippen molar-refractivity contribution >= 4 is 35.3 Å². The molecule has 0 aromatic carbocycles. The number of carbonyl (C=O) groups excluding carboxylic acids is 2. The maximum absolute atomic E-state index is 12.6. The summed E-state index contributed by atoms with van der Waals surface area (Å²) < 4.78 is 12.2. The number of nitrogens with zero attached hydrogens (tertiary/aromatic N) is 5. The second kappa shape index (κ2) is 11.2. The van der Waals surface area contributed by atoms with E-state index in [0.29, 0.717) is 17.3 Å². The SMILES string of the molecule is Cc1cc(Nc2cc(N3CCCC3)cc(N3CCC(C)(NC(=O)OC(C)(C)C)CC3)n2)nn1C(=O)OC(C)(C)C. The highest BCUT2D eigenvalue weighted by Crippen LogP contribution is 2.32. The number of alkyl carbamates (subject to hydrolysis) is 1. The van der Waals surface area contributed by atoms with Crippen LogP contribution in [0.2, 0.25) is 0 Å². The number of nitrogens with one attached hydrogen (secondary N) is 2. The van der Waals surface area contributed by atoms with Crippen LogP contribution in [0.5, 0.6) is 0 Å². The average molecular weight is 556 g/mol. The van der Waals surface area contributed by atoms with E-state index in [4.69, 9.17) is 14.5 Å². The fourth-order valence-electron chi connectivity index (χ4n) is 4.95. The third kappa shape index (κ3) is 7.79. The van der Waals surface area contributed by atoms with Gasteiger partial charge in [0.1, 0.15) is 22.8 Å². The fourth-order valence-corrected chi connectivity index (χ4v) is 4.95. The Morgan fingerprint density at radius 3 is 2.10 bits per heavy atom. The summed E-state index contributed by atoms with van der Waals surface area (Å²) in [6.07, 6.45) is 2.96. The topological polar surface area (TPSA) is 114 Å². The van der Waals surface area contributed by atoms with Crippen molar-refractivity contribution in [2.75, 3.05) is 41.3 Å². The molecule has 4 heterocycles. The van der Waals surface area contributed by atoms with E-state index in [2.05, 4.69) is 38.5 Å². The van der Waals surface area contributed by atoms with Gasteiger partial charge in [0.05, 0.1) is 0 Å². The number of hydrogen-bond donors (Lipinski definition) is 2. The molecule has 1 amide bonds. The molecule has 220 valence electrons. The van der Waals surface area contributed by atoms with Gasteiger partial charge in [-0.3, -0.25) is 0 Å². The Kier molecular flexibility index (Phi) is 8.23. The first-order valence-corrected chi connectivity index (χ1v) is 14.2. The van der Waals surface area contributed by atoms with Crippen LogP contribution >= 0.6 is 0 Å². The quantitative estimate of drug-likeness (QED) is 0.487. The Hall–Kier alpha value is -3.50. The molecular formula is C29H45N7O4. The van der Waals surface area contributed by atoms with E-state index in [-0.39, 0.29) is 11.6 Å². The number of anilines is 4. The van der Waals surface area contributed by atoms with Crippen LogP contribution in [0.15, 0.2) is 18.2 Å². The number of aryl methyl sites for hydroxylation is 1. The molecule has 2 N–H and O–H groups in total. The molecule has 11 nitrogen and oxygen atoms in total. The molecular weight excluding hydrogens is 510 g/mol. The highest BCUT2D eigenvalue weighted by molar-refractivity contribution is 5.73. The highest BCUT2D eigenvalue weighted by Gasteiger charge is 2.34. The lowest BCUT2D eigenvalue weighted by molar-refractivity contribution is 0.0446. The van der Waals surface area contributed by atoms with E-state index in [1.165, 1.54) is 4.68 Å². The first-order valence-electron chi connectivity index (χ1n) is 14.2. The van der Waals surface area contributed by atoms with Gasteiger partial charge in [-0.1, -0.05) is 0 Å². The molecule has 4 rings (SSSR count). The van der Waals surface area contributed by atoms with Crippen molar-refractivity contribution in [1.82, 2.24) is 20.1 Å². The van der Waals surface area contributed by atoms with Gasteiger partial charge in [-0.05, 0) is 81.1 Å². The van der Waals surface area contributed by atoms with E-state index in [1.807, 2.05) is 60.6 Å². The molecule has 2 saturated heterocycles. The average Bonchev–Trinajstić information content (AvgIpc) is 3.47. The van der Waals surface area contributed by atoms with Crippen molar-refractivity contribution in [2.45, 2.75) is 97.8 Å². The van der Waals surface area contributed by atoms with E-state index >= 15 is 0 Å². The van der Waals surface area contributed by atoms with Crippen LogP contribution in [-0.4, -0.2) is 69.9 Å². The van der Waals surface area contributed by atoms with Crippen LogP contribution in [0.1, 0.15) is 79.8 Å². The summed E-state index contributed by atoms with van der Waals surface area (Å²) in [5.41, 5.74) is 0.273. The summed E-state index contributed by atoms with van der Waals surface area (Å²) in [6, 6.07) is 5.99. The van der Waals surface area contributed by atoms with Crippen molar-refractivity contribution < 1.29 is 19.1 Å².